The maximum atomic E-state index is 12.0. The predicted molar refractivity (Wildman–Crippen MR) is 131 cm³/mol. The van der Waals surface area contributed by atoms with E-state index in [9.17, 15) is 9.90 Å². The van der Waals surface area contributed by atoms with E-state index in [2.05, 4.69) is 26.0 Å². The van der Waals surface area contributed by atoms with E-state index >= 15 is 0 Å². The Bertz CT molecular complexity index is 710. The highest BCUT2D eigenvalue weighted by atomic mass is 32.2. The van der Waals surface area contributed by atoms with Gasteiger partial charge < -0.3 is 5.11 Å². The van der Waals surface area contributed by atoms with Crippen LogP contribution in [-0.2, 0) is 4.79 Å². The number of hydrogen-bond acceptors (Lipinski definition) is 4. The summed E-state index contributed by atoms with van der Waals surface area (Å²) < 4.78 is 0.384. The highest BCUT2D eigenvalue weighted by Crippen LogP contribution is 2.66. The lowest BCUT2D eigenvalue weighted by molar-refractivity contribution is -0.115. The molecule has 1 aliphatic heterocycles. The van der Waals surface area contributed by atoms with Crippen LogP contribution < -0.4 is 0 Å². The Morgan fingerprint density at radius 2 is 1.83 bits per heavy atom. The molecule has 1 N–H and O–H groups in total. The van der Waals surface area contributed by atoms with Gasteiger partial charge in [0, 0.05) is 11.8 Å². The number of ketones is 1. The lowest BCUT2D eigenvalue weighted by atomic mass is 9.48. The monoisotopic (exact) mass is 448 g/mol. The van der Waals surface area contributed by atoms with E-state index < -0.39 is 0 Å². The normalized spacial score (nSPS) is 44.2. The van der Waals surface area contributed by atoms with Crippen LogP contribution in [0.1, 0.15) is 72.6 Å². The third-order valence-corrected chi connectivity index (χ3v) is 12.2. The van der Waals surface area contributed by atoms with Crippen molar-refractivity contribution in [3.63, 3.8) is 0 Å². The zero-order chi connectivity index (χ0) is 21.5. The molecular formula is C26H40O2S2. The van der Waals surface area contributed by atoms with Crippen molar-refractivity contribution in [3.8, 4) is 0 Å². The molecule has 1 saturated heterocycles. The minimum Gasteiger partial charge on any atom is -0.391 e. The lowest BCUT2D eigenvalue weighted by Gasteiger charge is -2.56. The first-order valence-electron chi connectivity index (χ1n) is 12.3. The Balaban J connectivity index is 0.00000106. The van der Waals surface area contributed by atoms with Crippen LogP contribution in [-0.4, -0.2) is 33.1 Å². The average Bonchev–Trinajstić information content (AvgIpc) is 3.13. The maximum Gasteiger partial charge on any atom is 0.159 e. The summed E-state index contributed by atoms with van der Waals surface area (Å²) in [6.07, 6.45) is 14.4. The molecule has 0 aromatic heterocycles. The quantitative estimate of drug-likeness (QED) is 0.490. The van der Waals surface area contributed by atoms with E-state index in [0.29, 0.717) is 28.8 Å². The van der Waals surface area contributed by atoms with Crippen molar-refractivity contribution >= 4 is 29.3 Å². The summed E-state index contributed by atoms with van der Waals surface area (Å²) in [7, 11) is 0. The fourth-order valence-corrected chi connectivity index (χ4v) is 10.6. The Morgan fingerprint density at radius 1 is 1.10 bits per heavy atom. The molecule has 30 heavy (non-hydrogen) atoms. The van der Waals surface area contributed by atoms with E-state index in [1.165, 1.54) is 49.2 Å². The highest BCUT2D eigenvalue weighted by molar-refractivity contribution is 8.17. The Kier molecular flexibility index (Phi) is 6.88. The summed E-state index contributed by atoms with van der Waals surface area (Å²) in [5.41, 5.74) is 1.76. The molecule has 0 amide bonds. The van der Waals surface area contributed by atoms with Crippen LogP contribution in [0, 0.1) is 34.5 Å². The van der Waals surface area contributed by atoms with Crippen molar-refractivity contribution in [1.82, 2.24) is 0 Å². The van der Waals surface area contributed by atoms with E-state index in [1.54, 1.807) is 0 Å². The smallest absolute Gasteiger partial charge is 0.159 e. The molecule has 7 unspecified atom stereocenters. The first kappa shape index (κ1) is 23.0. The number of carbonyl (C=O) groups is 1. The first-order chi connectivity index (χ1) is 14.4. The molecule has 4 heteroatoms. The Labute approximate surface area is 192 Å². The predicted octanol–water partition coefficient (Wildman–Crippen LogP) is 6.49. The molecule has 7 atom stereocenters. The van der Waals surface area contributed by atoms with Gasteiger partial charge in [0.2, 0.25) is 0 Å². The Hall–Kier alpha value is -0.190. The summed E-state index contributed by atoms with van der Waals surface area (Å²) >= 11 is 3.99. The summed E-state index contributed by atoms with van der Waals surface area (Å²) in [4.78, 5) is 12.0. The molecule has 5 aliphatic rings. The average molecular weight is 449 g/mol. The van der Waals surface area contributed by atoms with Gasteiger partial charge in [-0.25, -0.2) is 0 Å². The fraction of sp³-hybridized carbons (Fsp3) is 0.808. The van der Waals surface area contributed by atoms with E-state index in [1.807, 2.05) is 43.4 Å². The van der Waals surface area contributed by atoms with Gasteiger partial charge in [0.1, 0.15) is 0 Å². The van der Waals surface area contributed by atoms with Gasteiger partial charge in [0.15, 0.2) is 5.78 Å². The molecule has 0 aromatic rings. The van der Waals surface area contributed by atoms with E-state index in [4.69, 9.17) is 0 Å². The van der Waals surface area contributed by atoms with E-state index in [-0.39, 0.29) is 22.7 Å². The highest BCUT2D eigenvalue weighted by Gasteiger charge is 2.59. The van der Waals surface area contributed by atoms with Crippen molar-refractivity contribution in [2.75, 3.05) is 11.5 Å². The number of hydrogen-bond donors (Lipinski definition) is 1. The Morgan fingerprint density at radius 3 is 2.57 bits per heavy atom. The van der Waals surface area contributed by atoms with Crippen LogP contribution >= 0.6 is 23.5 Å². The van der Waals surface area contributed by atoms with Crippen molar-refractivity contribution in [2.24, 2.45) is 34.5 Å². The molecule has 0 bridgehead atoms. The number of allylic oxidation sites excluding steroid dienone is 4. The lowest BCUT2D eigenvalue weighted by Crippen LogP contribution is -2.51. The first-order valence-corrected chi connectivity index (χ1v) is 14.4. The van der Waals surface area contributed by atoms with Crippen LogP contribution in [0.4, 0.5) is 0 Å². The second kappa shape index (κ2) is 8.98. The fourth-order valence-electron chi connectivity index (χ4n) is 7.60. The van der Waals surface area contributed by atoms with Gasteiger partial charge in [-0.3, -0.25) is 4.79 Å². The maximum absolute atomic E-state index is 12.0. The third kappa shape index (κ3) is 3.67. The topological polar surface area (TPSA) is 37.3 Å². The third-order valence-electron chi connectivity index (χ3n) is 9.13. The van der Waals surface area contributed by atoms with Crippen LogP contribution in [0.3, 0.4) is 0 Å². The molecule has 1 heterocycles. The van der Waals surface area contributed by atoms with Crippen LogP contribution in [0.2, 0.25) is 0 Å². The number of thioether (sulfide) groups is 2. The summed E-state index contributed by atoms with van der Waals surface area (Å²) in [5, 5.41) is 11.3. The molecule has 4 aliphatic carbocycles. The number of rotatable bonds is 2. The SMILES string of the molecule is CC.CC12C=CC(=O)CC1=CCC1C2CCC2(C)C(C(O)C3SCCCS3)CCC12. The molecule has 5 rings (SSSR count). The number of fused-ring (bicyclic) bond motifs is 5. The standard InChI is InChI=1S/C24H34O2S2.C2H6/c1-23-10-8-16(25)14-15(23)4-5-17-18-6-7-20(24(18,2)11-9-19(17)23)21(26)22-27-12-3-13-28-22;1-2/h4,8,10,17-22,26H,3,5-7,9,11-14H2,1-2H3;1-2H3. The van der Waals surface area contributed by atoms with Crippen LogP contribution in [0.5, 0.6) is 0 Å². The van der Waals surface area contributed by atoms with Crippen LogP contribution in [0.15, 0.2) is 23.8 Å². The van der Waals surface area contributed by atoms with Gasteiger partial charge in [0.05, 0.1) is 10.7 Å². The van der Waals surface area contributed by atoms with E-state index in [0.717, 1.165) is 12.3 Å². The second-order valence-electron chi connectivity index (χ2n) is 10.3. The van der Waals surface area contributed by atoms with Gasteiger partial charge in [-0.2, -0.15) is 0 Å². The summed E-state index contributed by atoms with van der Waals surface area (Å²) in [6.45, 7) is 8.90. The molecular weight excluding hydrogens is 408 g/mol. The zero-order valence-corrected chi connectivity index (χ0v) is 20.9. The summed E-state index contributed by atoms with van der Waals surface area (Å²) in [6, 6.07) is 0. The van der Waals surface area contributed by atoms with Gasteiger partial charge >= 0.3 is 0 Å². The minimum absolute atomic E-state index is 0.0872. The zero-order valence-electron chi connectivity index (χ0n) is 19.2. The van der Waals surface area contributed by atoms with Gasteiger partial charge in [-0.1, -0.05) is 45.4 Å². The summed E-state index contributed by atoms with van der Waals surface area (Å²) in [5.74, 6) is 5.27. The largest absolute Gasteiger partial charge is 0.391 e. The second-order valence-corrected chi connectivity index (χ2v) is 13.1. The van der Waals surface area contributed by atoms with Crippen molar-refractivity contribution in [3.05, 3.63) is 23.8 Å². The molecule has 3 fully saturated rings. The van der Waals surface area contributed by atoms with Crippen molar-refractivity contribution in [1.29, 1.82) is 0 Å². The molecule has 168 valence electrons. The molecule has 2 saturated carbocycles. The van der Waals surface area contributed by atoms with Crippen molar-refractivity contribution < 1.29 is 9.90 Å². The van der Waals surface area contributed by atoms with Gasteiger partial charge in [-0.05, 0) is 85.2 Å². The molecule has 0 radical (unpaired) electrons. The number of carbonyl (C=O) groups excluding carboxylic acids is 1. The van der Waals surface area contributed by atoms with Gasteiger partial charge in [0.25, 0.3) is 0 Å². The molecule has 0 spiro atoms. The van der Waals surface area contributed by atoms with Crippen LogP contribution in [0.25, 0.3) is 0 Å². The molecule has 2 nitrogen and oxygen atoms in total. The number of aliphatic hydroxyl groups is 1. The minimum atomic E-state index is -0.153. The molecule has 0 aromatic carbocycles. The number of aliphatic hydroxyl groups excluding tert-OH is 1. The van der Waals surface area contributed by atoms with Gasteiger partial charge in [-0.15, -0.1) is 23.5 Å². The van der Waals surface area contributed by atoms with Crippen molar-refractivity contribution in [2.45, 2.75) is 83.3 Å².